The molecule has 108 valence electrons. The Morgan fingerprint density at radius 3 is 2.52 bits per heavy atom. The van der Waals surface area contributed by atoms with Gasteiger partial charge >= 0.3 is 0 Å². The predicted octanol–water partition coefficient (Wildman–Crippen LogP) is 4.24. The zero-order chi connectivity index (χ0) is 15.2. The average Bonchev–Trinajstić information content (AvgIpc) is 2.48. The molecule has 0 heterocycles. The largest absolute Gasteiger partial charge is 0.479 e. The van der Waals surface area contributed by atoms with Crippen LogP contribution >= 0.6 is 15.9 Å². The van der Waals surface area contributed by atoms with Crippen LogP contribution in [0.2, 0.25) is 0 Å². The summed E-state index contributed by atoms with van der Waals surface area (Å²) in [6.45, 7) is 0.331. The molecule has 0 aliphatic rings. The normalized spacial score (nSPS) is 10.0. The number of nitriles is 1. The van der Waals surface area contributed by atoms with Gasteiger partial charge in [0.1, 0.15) is 23.5 Å². The SMILES string of the molecule is N#CCOc1ccc(CNc2cc(F)c(Br)cc2F)cc1. The Kier molecular flexibility index (Phi) is 5.12. The van der Waals surface area contributed by atoms with E-state index in [1.165, 1.54) is 0 Å². The fraction of sp³-hybridized carbons (Fsp3) is 0.133. The molecule has 2 rings (SSSR count). The Morgan fingerprint density at radius 2 is 1.86 bits per heavy atom. The quantitative estimate of drug-likeness (QED) is 0.818. The van der Waals surface area contributed by atoms with Gasteiger partial charge in [-0.05, 0) is 39.7 Å². The lowest BCUT2D eigenvalue weighted by atomic mass is 10.2. The number of nitrogens with zero attached hydrogens (tertiary/aromatic N) is 1. The molecular weight excluding hydrogens is 342 g/mol. The lowest BCUT2D eigenvalue weighted by Crippen LogP contribution is -2.02. The molecule has 0 unspecified atom stereocenters. The van der Waals surface area contributed by atoms with E-state index in [2.05, 4.69) is 21.2 Å². The van der Waals surface area contributed by atoms with Gasteiger partial charge in [0, 0.05) is 12.6 Å². The number of halogens is 3. The first kappa shape index (κ1) is 15.3. The smallest absolute Gasteiger partial charge is 0.174 e. The van der Waals surface area contributed by atoms with E-state index < -0.39 is 11.6 Å². The van der Waals surface area contributed by atoms with Crippen molar-refractivity contribution in [1.29, 1.82) is 5.26 Å². The number of ether oxygens (including phenoxy) is 1. The van der Waals surface area contributed by atoms with Crippen LogP contribution in [0.4, 0.5) is 14.5 Å². The minimum Gasteiger partial charge on any atom is -0.479 e. The molecule has 0 aliphatic carbocycles. The van der Waals surface area contributed by atoms with Crippen LogP contribution < -0.4 is 10.1 Å². The maximum Gasteiger partial charge on any atom is 0.174 e. The number of nitrogens with one attached hydrogen (secondary N) is 1. The van der Waals surface area contributed by atoms with Gasteiger partial charge in [-0.3, -0.25) is 0 Å². The van der Waals surface area contributed by atoms with Crippen molar-refractivity contribution in [3.63, 3.8) is 0 Å². The number of hydrogen-bond donors (Lipinski definition) is 1. The Labute approximate surface area is 129 Å². The van der Waals surface area contributed by atoms with Gasteiger partial charge < -0.3 is 10.1 Å². The maximum absolute atomic E-state index is 13.6. The predicted molar refractivity (Wildman–Crippen MR) is 78.9 cm³/mol. The van der Waals surface area contributed by atoms with E-state index in [0.717, 1.165) is 17.7 Å². The van der Waals surface area contributed by atoms with Gasteiger partial charge in [-0.2, -0.15) is 5.26 Å². The molecular formula is C15H11BrF2N2O. The van der Waals surface area contributed by atoms with Crippen molar-refractivity contribution in [2.75, 3.05) is 11.9 Å². The van der Waals surface area contributed by atoms with Crippen LogP contribution in [0.25, 0.3) is 0 Å². The van der Waals surface area contributed by atoms with Crippen molar-refractivity contribution in [1.82, 2.24) is 0 Å². The maximum atomic E-state index is 13.6. The van der Waals surface area contributed by atoms with Gasteiger partial charge in [0.15, 0.2) is 6.61 Å². The number of rotatable bonds is 5. The highest BCUT2D eigenvalue weighted by Gasteiger charge is 2.07. The molecule has 0 aliphatic heterocycles. The van der Waals surface area contributed by atoms with Gasteiger partial charge in [-0.1, -0.05) is 12.1 Å². The van der Waals surface area contributed by atoms with E-state index in [1.807, 2.05) is 6.07 Å². The van der Waals surface area contributed by atoms with Gasteiger partial charge in [0.2, 0.25) is 0 Å². The fourth-order valence-corrected chi connectivity index (χ4v) is 1.99. The highest BCUT2D eigenvalue weighted by Crippen LogP contribution is 2.24. The van der Waals surface area contributed by atoms with E-state index in [1.54, 1.807) is 24.3 Å². The third kappa shape index (κ3) is 4.17. The first-order chi connectivity index (χ1) is 10.1. The molecule has 0 saturated carbocycles. The third-order valence-electron chi connectivity index (χ3n) is 2.72. The number of hydrogen-bond acceptors (Lipinski definition) is 3. The monoisotopic (exact) mass is 352 g/mol. The van der Waals surface area contributed by atoms with Crippen LogP contribution in [0, 0.1) is 23.0 Å². The third-order valence-corrected chi connectivity index (χ3v) is 3.33. The molecule has 2 aromatic carbocycles. The summed E-state index contributed by atoms with van der Waals surface area (Å²) in [6.07, 6.45) is 0. The molecule has 0 aromatic heterocycles. The summed E-state index contributed by atoms with van der Waals surface area (Å²) in [7, 11) is 0. The van der Waals surface area contributed by atoms with Crippen molar-refractivity contribution in [2.45, 2.75) is 6.54 Å². The van der Waals surface area contributed by atoms with E-state index in [9.17, 15) is 8.78 Å². The summed E-state index contributed by atoms with van der Waals surface area (Å²) in [6, 6.07) is 11.1. The van der Waals surface area contributed by atoms with Gasteiger partial charge in [0.05, 0.1) is 10.2 Å². The molecule has 0 saturated heterocycles. The molecule has 0 amide bonds. The topological polar surface area (TPSA) is 45.0 Å². The van der Waals surface area contributed by atoms with Crippen molar-refractivity contribution < 1.29 is 13.5 Å². The molecule has 6 heteroatoms. The lowest BCUT2D eigenvalue weighted by Gasteiger charge is -2.09. The van der Waals surface area contributed by atoms with Gasteiger partial charge in [-0.25, -0.2) is 8.78 Å². The average molecular weight is 353 g/mol. The highest BCUT2D eigenvalue weighted by atomic mass is 79.9. The summed E-state index contributed by atoms with van der Waals surface area (Å²) in [5.74, 6) is -0.474. The van der Waals surface area contributed by atoms with Gasteiger partial charge in [0.25, 0.3) is 0 Å². The second-order valence-electron chi connectivity index (χ2n) is 4.19. The Hall–Kier alpha value is -2.13. The molecule has 0 radical (unpaired) electrons. The first-order valence-corrected chi connectivity index (χ1v) is 6.86. The van der Waals surface area contributed by atoms with Crippen LogP contribution in [-0.2, 0) is 6.54 Å². The molecule has 2 aromatic rings. The highest BCUT2D eigenvalue weighted by molar-refractivity contribution is 9.10. The molecule has 0 atom stereocenters. The van der Waals surface area contributed by atoms with Crippen LogP contribution in [-0.4, -0.2) is 6.61 Å². The molecule has 0 fully saturated rings. The number of benzene rings is 2. The van der Waals surface area contributed by atoms with E-state index >= 15 is 0 Å². The molecule has 3 nitrogen and oxygen atoms in total. The minimum atomic E-state index is -0.530. The van der Waals surface area contributed by atoms with E-state index in [0.29, 0.717) is 12.3 Å². The van der Waals surface area contributed by atoms with Crippen molar-refractivity contribution in [3.8, 4) is 11.8 Å². The zero-order valence-corrected chi connectivity index (χ0v) is 12.5. The Balaban J connectivity index is 2.00. The van der Waals surface area contributed by atoms with Gasteiger partial charge in [-0.15, -0.1) is 0 Å². The second kappa shape index (κ2) is 7.04. The molecule has 1 N–H and O–H groups in total. The van der Waals surface area contributed by atoms with Crippen LogP contribution in [0.1, 0.15) is 5.56 Å². The van der Waals surface area contributed by atoms with Crippen LogP contribution in [0.15, 0.2) is 40.9 Å². The number of anilines is 1. The minimum absolute atomic E-state index is 0.0129. The molecule has 0 spiro atoms. The summed E-state index contributed by atoms with van der Waals surface area (Å²) in [4.78, 5) is 0. The van der Waals surface area contributed by atoms with Crippen molar-refractivity contribution >= 4 is 21.6 Å². The first-order valence-electron chi connectivity index (χ1n) is 6.07. The summed E-state index contributed by atoms with van der Waals surface area (Å²) < 4.78 is 32.2. The van der Waals surface area contributed by atoms with Crippen LogP contribution in [0.5, 0.6) is 5.75 Å². The molecule has 21 heavy (non-hydrogen) atoms. The summed E-state index contributed by atoms with van der Waals surface area (Å²) >= 11 is 2.93. The molecule has 0 bridgehead atoms. The standard InChI is InChI=1S/C15H11BrF2N2O/c16-12-7-14(18)15(8-13(12)17)20-9-10-1-3-11(4-2-10)21-6-5-19/h1-4,7-8,20H,6,9H2. The van der Waals surface area contributed by atoms with E-state index in [-0.39, 0.29) is 16.8 Å². The van der Waals surface area contributed by atoms with Crippen LogP contribution in [0.3, 0.4) is 0 Å². The fourth-order valence-electron chi connectivity index (χ4n) is 1.67. The van der Waals surface area contributed by atoms with Crippen molar-refractivity contribution in [3.05, 3.63) is 58.1 Å². The summed E-state index contributed by atoms with van der Waals surface area (Å²) in [5.41, 5.74) is 0.975. The Morgan fingerprint density at radius 1 is 1.14 bits per heavy atom. The summed E-state index contributed by atoms with van der Waals surface area (Å²) in [5, 5.41) is 11.2. The van der Waals surface area contributed by atoms with Crippen molar-refractivity contribution in [2.24, 2.45) is 0 Å². The zero-order valence-electron chi connectivity index (χ0n) is 10.9. The van der Waals surface area contributed by atoms with E-state index in [4.69, 9.17) is 10.00 Å². The second-order valence-corrected chi connectivity index (χ2v) is 5.04. The Bertz CT molecular complexity index is 669. The lowest BCUT2D eigenvalue weighted by molar-refractivity contribution is 0.368.